The summed E-state index contributed by atoms with van der Waals surface area (Å²) in [7, 11) is 0. The maximum absolute atomic E-state index is 11.7. The minimum absolute atomic E-state index is 0.255. The van der Waals surface area contributed by atoms with Crippen molar-refractivity contribution in [2.75, 3.05) is 43.4 Å². The highest BCUT2D eigenvalue weighted by atomic mass is 16.6. The van der Waals surface area contributed by atoms with E-state index in [1.165, 1.54) is 0 Å². The van der Waals surface area contributed by atoms with Crippen molar-refractivity contribution < 1.29 is 14.6 Å². The number of carbonyl (C=O) groups excluding carboxylic acids is 1. The lowest BCUT2D eigenvalue weighted by molar-refractivity contribution is 0.105. The van der Waals surface area contributed by atoms with Crippen molar-refractivity contribution in [1.82, 2.24) is 4.90 Å². The predicted molar refractivity (Wildman–Crippen MR) is 82.3 cm³/mol. The molecule has 1 fully saturated rings. The first kappa shape index (κ1) is 15.4. The van der Waals surface area contributed by atoms with E-state index in [0.29, 0.717) is 25.4 Å². The molecule has 1 aromatic carbocycles. The average molecular weight is 293 g/mol. The van der Waals surface area contributed by atoms with Gasteiger partial charge in [0.1, 0.15) is 0 Å². The maximum Gasteiger partial charge on any atom is 0.409 e. The first-order valence-corrected chi connectivity index (χ1v) is 7.27. The maximum atomic E-state index is 11.7. The van der Waals surface area contributed by atoms with Crippen LogP contribution in [0.15, 0.2) is 18.2 Å². The first-order valence-electron chi connectivity index (χ1n) is 7.27. The smallest absolute Gasteiger partial charge is 0.409 e. The number of amides is 1. The number of hydrogen-bond acceptors (Lipinski definition) is 5. The third-order valence-corrected chi connectivity index (χ3v) is 3.68. The molecule has 0 radical (unpaired) electrons. The molecule has 1 aliphatic rings. The van der Waals surface area contributed by atoms with Crippen LogP contribution in [0, 0.1) is 0 Å². The fourth-order valence-corrected chi connectivity index (χ4v) is 2.47. The first-order chi connectivity index (χ1) is 10.0. The van der Waals surface area contributed by atoms with Gasteiger partial charge >= 0.3 is 6.09 Å². The summed E-state index contributed by atoms with van der Waals surface area (Å²) in [5.41, 5.74) is 8.48. The van der Waals surface area contributed by atoms with Crippen LogP contribution in [-0.4, -0.2) is 48.9 Å². The molecule has 0 aromatic heterocycles. The van der Waals surface area contributed by atoms with E-state index in [2.05, 4.69) is 4.90 Å². The summed E-state index contributed by atoms with van der Waals surface area (Å²) < 4.78 is 5.00. The Morgan fingerprint density at radius 1 is 1.38 bits per heavy atom. The predicted octanol–water partition coefficient (Wildman–Crippen LogP) is 1.60. The minimum Gasteiger partial charge on any atom is -0.450 e. The van der Waals surface area contributed by atoms with Crippen molar-refractivity contribution in [2.45, 2.75) is 20.0 Å². The van der Waals surface area contributed by atoms with Crippen molar-refractivity contribution in [2.24, 2.45) is 0 Å². The zero-order valence-corrected chi connectivity index (χ0v) is 12.6. The van der Waals surface area contributed by atoms with Crippen LogP contribution in [-0.2, 0) is 4.74 Å². The van der Waals surface area contributed by atoms with E-state index in [9.17, 15) is 9.90 Å². The number of anilines is 2. The number of nitrogens with two attached hydrogens (primary N) is 1. The van der Waals surface area contributed by atoms with E-state index in [4.69, 9.17) is 10.5 Å². The van der Waals surface area contributed by atoms with Crippen LogP contribution < -0.4 is 10.6 Å². The Morgan fingerprint density at radius 2 is 2.05 bits per heavy atom. The Balaban J connectivity index is 2.01. The van der Waals surface area contributed by atoms with Gasteiger partial charge in [-0.1, -0.05) is 6.07 Å². The standard InChI is InChI=1S/C15H23N3O3/c1-3-21-15(20)18-8-6-17(7-9-18)14-5-4-12(11(2)19)10-13(14)16/h4-5,10-11,19H,3,6-9,16H2,1-2H3/t11-/m1/s1. The van der Waals surface area contributed by atoms with Gasteiger partial charge in [0.05, 0.1) is 24.1 Å². The van der Waals surface area contributed by atoms with E-state index in [-0.39, 0.29) is 6.09 Å². The zero-order valence-electron chi connectivity index (χ0n) is 12.6. The Kier molecular flexibility index (Phi) is 4.90. The van der Waals surface area contributed by atoms with Gasteiger partial charge in [0.15, 0.2) is 0 Å². The molecule has 6 heteroatoms. The van der Waals surface area contributed by atoms with Crippen molar-refractivity contribution in [3.05, 3.63) is 23.8 Å². The Labute approximate surface area is 125 Å². The number of aliphatic hydroxyl groups is 1. The van der Waals surface area contributed by atoms with Gasteiger partial charge in [0.25, 0.3) is 0 Å². The molecule has 2 rings (SSSR count). The fourth-order valence-electron chi connectivity index (χ4n) is 2.47. The van der Waals surface area contributed by atoms with Gasteiger partial charge in [-0.2, -0.15) is 0 Å². The molecule has 1 aromatic rings. The fraction of sp³-hybridized carbons (Fsp3) is 0.533. The number of rotatable bonds is 3. The zero-order chi connectivity index (χ0) is 15.4. The van der Waals surface area contributed by atoms with Gasteiger partial charge in [-0.05, 0) is 31.5 Å². The highest BCUT2D eigenvalue weighted by Gasteiger charge is 2.23. The van der Waals surface area contributed by atoms with Crippen LogP contribution in [0.25, 0.3) is 0 Å². The normalized spacial score (nSPS) is 16.7. The van der Waals surface area contributed by atoms with Crippen LogP contribution in [0.5, 0.6) is 0 Å². The largest absolute Gasteiger partial charge is 0.450 e. The number of nitrogen functional groups attached to an aromatic ring is 1. The summed E-state index contributed by atoms with van der Waals surface area (Å²) >= 11 is 0. The van der Waals surface area contributed by atoms with Crippen LogP contribution in [0.2, 0.25) is 0 Å². The molecule has 0 unspecified atom stereocenters. The lowest BCUT2D eigenvalue weighted by Crippen LogP contribution is -2.49. The lowest BCUT2D eigenvalue weighted by atomic mass is 10.1. The number of carbonyl (C=O) groups is 1. The molecule has 0 spiro atoms. The lowest BCUT2D eigenvalue weighted by Gasteiger charge is -2.36. The highest BCUT2D eigenvalue weighted by molar-refractivity contribution is 5.71. The second kappa shape index (κ2) is 6.67. The van der Waals surface area contributed by atoms with E-state index < -0.39 is 6.10 Å². The molecule has 1 amide bonds. The quantitative estimate of drug-likeness (QED) is 0.828. The second-order valence-corrected chi connectivity index (χ2v) is 5.17. The third kappa shape index (κ3) is 3.58. The molecule has 21 heavy (non-hydrogen) atoms. The number of hydrogen-bond donors (Lipinski definition) is 2. The van der Waals surface area contributed by atoms with E-state index in [1.807, 2.05) is 12.1 Å². The molecule has 0 aliphatic carbocycles. The molecule has 3 N–H and O–H groups in total. The van der Waals surface area contributed by atoms with Crippen LogP contribution in [0.3, 0.4) is 0 Å². The topological polar surface area (TPSA) is 79.0 Å². The second-order valence-electron chi connectivity index (χ2n) is 5.17. The van der Waals surface area contributed by atoms with E-state index in [1.54, 1.807) is 24.8 Å². The van der Waals surface area contributed by atoms with E-state index in [0.717, 1.165) is 24.3 Å². The molecule has 0 bridgehead atoms. The molecule has 1 aliphatic heterocycles. The van der Waals surface area contributed by atoms with Crippen LogP contribution in [0.1, 0.15) is 25.5 Å². The molecule has 1 heterocycles. The summed E-state index contributed by atoms with van der Waals surface area (Å²) in [6, 6.07) is 5.61. The highest BCUT2D eigenvalue weighted by Crippen LogP contribution is 2.27. The summed E-state index contributed by atoms with van der Waals surface area (Å²) in [6.45, 7) is 6.60. The number of nitrogens with zero attached hydrogens (tertiary/aromatic N) is 2. The van der Waals surface area contributed by atoms with Crippen LogP contribution in [0.4, 0.5) is 16.2 Å². The van der Waals surface area contributed by atoms with E-state index >= 15 is 0 Å². The Bertz CT molecular complexity index is 497. The number of benzene rings is 1. The monoisotopic (exact) mass is 293 g/mol. The van der Waals surface area contributed by atoms with Gasteiger partial charge in [-0.3, -0.25) is 0 Å². The molecular formula is C15H23N3O3. The van der Waals surface area contributed by atoms with Crippen molar-refractivity contribution in [1.29, 1.82) is 0 Å². The van der Waals surface area contributed by atoms with Gasteiger partial charge in [-0.25, -0.2) is 4.79 Å². The van der Waals surface area contributed by atoms with Gasteiger partial charge in [0.2, 0.25) is 0 Å². The minimum atomic E-state index is -0.526. The summed E-state index contributed by atoms with van der Waals surface area (Å²) in [5.74, 6) is 0. The summed E-state index contributed by atoms with van der Waals surface area (Å²) in [6.07, 6.45) is -0.781. The SMILES string of the molecule is CCOC(=O)N1CCN(c2ccc([C@@H](C)O)cc2N)CC1. The van der Waals surface area contributed by atoms with Gasteiger partial charge in [-0.15, -0.1) is 0 Å². The number of piperazine rings is 1. The Morgan fingerprint density at radius 3 is 2.57 bits per heavy atom. The van der Waals surface area contributed by atoms with Gasteiger partial charge in [0, 0.05) is 26.2 Å². The summed E-state index contributed by atoms with van der Waals surface area (Å²) in [5, 5.41) is 9.57. The average Bonchev–Trinajstić information content (AvgIpc) is 2.47. The molecular weight excluding hydrogens is 270 g/mol. The summed E-state index contributed by atoms with van der Waals surface area (Å²) in [4.78, 5) is 15.5. The molecule has 116 valence electrons. The number of aliphatic hydroxyl groups excluding tert-OH is 1. The number of ether oxygens (including phenoxy) is 1. The third-order valence-electron chi connectivity index (χ3n) is 3.68. The van der Waals surface area contributed by atoms with Crippen molar-refractivity contribution in [3.8, 4) is 0 Å². The van der Waals surface area contributed by atoms with Gasteiger partial charge < -0.3 is 25.4 Å². The molecule has 6 nitrogen and oxygen atoms in total. The molecule has 0 saturated carbocycles. The van der Waals surface area contributed by atoms with Crippen LogP contribution >= 0.6 is 0 Å². The van der Waals surface area contributed by atoms with Crippen molar-refractivity contribution >= 4 is 17.5 Å². The molecule has 1 atom stereocenters. The molecule has 1 saturated heterocycles. The Hall–Kier alpha value is -1.95. The van der Waals surface area contributed by atoms with Crippen molar-refractivity contribution in [3.63, 3.8) is 0 Å².